The summed E-state index contributed by atoms with van der Waals surface area (Å²) in [5, 5.41) is 0. The maximum absolute atomic E-state index is 13.8. The largest absolute Gasteiger partial charge is 0.245 e. The van der Waals surface area contributed by atoms with E-state index in [0.29, 0.717) is 12.3 Å². The Labute approximate surface area is 125 Å². The fourth-order valence-corrected chi connectivity index (χ4v) is 3.63. The molecule has 1 rings (SSSR count). The summed E-state index contributed by atoms with van der Waals surface area (Å²) < 4.78 is 62.5. The fraction of sp³-hybridized carbons (Fsp3) is 0.538. The molecular weight excluding hydrogens is 317 g/mol. The predicted octanol–water partition coefficient (Wildman–Crippen LogP) is 1.90. The Morgan fingerprint density at radius 1 is 1.19 bits per heavy atom. The highest BCUT2D eigenvalue weighted by Crippen LogP contribution is 2.22. The number of halogens is 1. The minimum atomic E-state index is -4.05. The Morgan fingerprint density at radius 2 is 1.76 bits per heavy atom. The fourth-order valence-electron chi connectivity index (χ4n) is 1.64. The average molecular weight is 337 g/mol. The third-order valence-electron chi connectivity index (χ3n) is 3.04. The molecule has 0 saturated carbocycles. The monoisotopic (exact) mass is 337 g/mol. The molecule has 5 nitrogen and oxygen atoms in total. The first-order chi connectivity index (χ1) is 9.46. The van der Waals surface area contributed by atoms with Gasteiger partial charge in [-0.15, -0.1) is 0 Å². The number of hydrogen-bond acceptors (Lipinski definition) is 4. The molecule has 0 N–H and O–H groups in total. The summed E-state index contributed by atoms with van der Waals surface area (Å²) in [6.07, 6.45) is 1.57. The summed E-state index contributed by atoms with van der Waals surface area (Å²) in [5.41, 5.74) is 0. The van der Waals surface area contributed by atoms with Crippen LogP contribution in [0.15, 0.2) is 28.0 Å². The smallest absolute Gasteiger partial charge is 0.224 e. The van der Waals surface area contributed by atoms with Crippen LogP contribution in [0.25, 0.3) is 0 Å². The van der Waals surface area contributed by atoms with Crippen LogP contribution >= 0.6 is 0 Å². The van der Waals surface area contributed by atoms with E-state index in [9.17, 15) is 21.2 Å². The zero-order valence-corrected chi connectivity index (χ0v) is 14.1. The molecule has 0 spiro atoms. The van der Waals surface area contributed by atoms with Crippen LogP contribution in [0.4, 0.5) is 4.39 Å². The molecule has 120 valence electrons. The van der Waals surface area contributed by atoms with Gasteiger partial charge >= 0.3 is 0 Å². The van der Waals surface area contributed by atoms with E-state index in [2.05, 4.69) is 0 Å². The van der Waals surface area contributed by atoms with Crippen molar-refractivity contribution in [1.29, 1.82) is 0 Å². The van der Waals surface area contributed by atoms with Crippen LogP contribution in [-0.2, 0) is 19.9 Å². The van der Waals surface area contributed by atoms with Crippen molar-refractivity contribution >= 4 is 19.9 Å². The molecule has 0 atom stereocenters. The predicted molar refractivity (Wildman–Crippen MR) is 78.8 cm³/mol. The molecule has 0 bridgehead atoms. The summed E-state index contributed by atoms with van der Waals surface area (Å²) >= 11 is 0. The first kappa shape index (κ1) is 18.1. The second kappa shape index (κ2) is 6.41. The van der Waals surface area contributed by atoms with Gasteiger partial charge in [-0.2, -0.15) is 0 Å². The first-order valence-corrected chi connectivity index (χ1v) is 9.75. The molecule has 0 aliphatic heterocycles. The van der Waals surface area contributed by atoms with Crippen molar-refractivity contribution in [2.24, 2.45) is 5.92 Å². The number of rotatable bonds is 6. The molecule has 0 aliphatic carbocycles. The number of benzene rings is 1. The second-order valence-corrected chi connectivity index (χ2v) is 9.40. The molecule has 1 aromatic carbocycles. The van der Waals surface area contributed by atoms with Gasteiger partial charge in [0, 0.05) is 19.8 Å². The molecule has 0 heterocycles. The van der Waals surface area contributed by atoms with E-state index < -0.39 is 30.6 Å². The number of sulfonamides is 1. The molecule has 0 amide bonds. The highest BCUT2D eigenvalue weighted by atomic mass is 32.2. The van der Waals surface area contributed by atoms with Gasteiger partial charge < -0.3 is 0 Å². The molecular formula is C13H20FNO4S2. The third-order valence-corrected chi connectivity index (χ3v) is 6.02. The topological polar surface area (TPSA) is 71.5 Å². The summed E-state index contributed by atoms with van der Waals surface area (Å²) in [4.78, 5) is -0.837. The zero-order valence-electron chi connectivity index (χ0n) is 12.5. The summed E-state index contributed by atoms with van der Waals surface area (Å²) in [5.74, 6) is -0.659. The molecule has 0 saturated heterocycles. The number of nitrogens with zero attached hydrogens (tertiary/aromatic N) is 1. The molecule has 8 heteroatoms. The lowest BCUT2D eigenvalue weighted by Crippen LogP contribution is -2.29. The second-order valence-electron chi connectivity index (χ2n) is 5.37. The normalized spacial score (nSPS) is 13.1. The van der Waals surface area contributed by atoms with E-state index in [-0.39, 0.29) is 11.4 Å². The van der Waals surface area contributed by atoms with E-state index in [0.717, 1.165) is 28.8 Å². The first-order valence-electron chi connectivity index (χ1n) is 6.42. The molecule has 0 fully saturated rings. The minimum absolute atomic E-state index is 0.222. The molecule has 0 unspecified atom stereocenters. The Morgan fingerprint density at radius 3 is 2.24 bits per heavy atom. The molecule has 0 radical (unpaired) electrons. The SMILES string of the molecule is CC(C)CCN(C)S(=O)(=O)c1cc(S(C)(=O)=O)ccc1F. The van der Waals surface area contributed by atoms with Gasteiger partial charge in [-0.05, 0) is 30.5 Å². The van der Waals surface area contributed by atoms with Crippen molar-refractivity contribution < 1.29 is 21.2 Å². The van der Waals surface area contributed by atoms with Crippen LogP contribution in [0, 0.1) is 11.7 Å². The number of sulfone groups is 1. The van der Waals surface area contributed by atoms with Crippen LogP contribution in [0.1, 0.15) is 20.3 Å². The van der Waals surface area contributed by atoms with E-state index in [1.165, 1.54) is 7.05 Å². The quantitative estimate of drug-likeness (QED) is 0.743. The zero-order chi connectivity index (χ0) is 16.4. The van der Waals surface area contributed by atoms with Crippen molar-refractivity contribution in [3.63, 3.8) is 0 Å². The maximum Gasteiger partial charge on any atom is 0.245 e. The van der Waals surface area contributed by atoms with E-state index in [1.54, 1.807) is 0 Å². The Hall–Kier alpha value is -0.990. The van der Waals surface area contributed by atoms with Gasteiger partial charge in [0.05, 0.1) is 4.90 Å². The summed E-state index contributed by atoms with van der Waals surface area (Å²) in [6, 6.07) is 2.78. The van der Waals surface area contributed by atoms with Gasteiger partial charge in [0.25, 0.3) is 0 Å². The molecule has 0 aromatic heterocycles. The van der Waals surface area contributed by atoms with Crippen molar-refractivity contribution in [1.82, 2.24) is 4.31 Å². The van der Waals surface area contributed by atoms with Crippen LogP contribution < -0.4 is 0 Å². The van der Waals surface area contributed by atoms with Gasteiger partial charge in [-0.3, -0.25) is 0 Å². The standard InChI is InChI=1S/C13H20FNO4S2/c1-10(2)7-8-15(3)21(18,19)13-9-11(20(4,16)17)5-6-12(13)14/h5-6,9-10H,7-8H2,1-4H3. The minimum Gasteiger partial charge on any atom is -0.224 e. The van der Waals surface area contributed by atoms with Crippen LogP contribution in [0.3, 0.4) is 0 Å². The molecule has 0 aliphatic rings. The van der Waals surface area contributed by atoms with Crippen molar-refractivity contribution in [2.75, 3.05) is 19.8 Å². The summed E-state index contributed by atoms with van der Waals surface area (Å²) in [6.45, 7) is 4.14. The Balaban J connectivity index is 3.25. The van der Waals surface area contributed by atoms with Gasteiger partial charge in [0.2, 0.25) is 10.0 Å². The Bertz CT molecular complexity index is 712. The lowest BCUT2D eigenvalue weighted by molar-refractivity contribution is 0.424. The van der Waals surface area contributed by atoms with Crippen molar-refractivity contribution in [3.05, 3.63) is 24.0 Å². The van der Waals surface area contributed by atoms with Crippen molar-refractivity contribution in [3.8, 4) is 0 Å². The average Bonchev–Trinajstić information content (AvgIpc) is 2.34. The number of hydrogen-bond donors (Lipinski definition) is 0. The van der Waals surface area contributed by atoms with Gasteiger partial charge in [-0.1, -0.05) is 13.8 Å². The highest BCUT2D eigenvalue weighted by molar-refractivity contribution is 7.91. The molecule has 1 aromatic rings. The van der Waals surface area contributed by atoms with E-state index in [4.69, 9.17) is 0 Å². The third kappa shape index (κ3) is 4.49. The lowest BCUT2D eigenvalue weighted by Gasteiger charge is -2.19. The summed E-state index contributed by atoms with van der Waals surface area (Å²) in [7, 11) is -6.31. The van der Waals surface area contributed by atoms with Gasteiger partial charge in [-0.25, -0.2) is 25.5 Å². The highest BCUT2D eigenvalue weighted by Gasteiger charge is 2.26. The van der Waals surface area contributed by atoms with Crippen LogP contribution in [0.5, 0.6) is 0 Å². The Kier molecular flexibility index (Phi) is 5.51. The van der Waals surface area contributed by atoms with Crippen LogP contribution in [0.2, 0.25) is 0 Å². The van der Waals surface area contributed by atoms with Crippen LogP contribution in [-0.4, -0.2) is 41.0 Å². The van der Waals surface area contributed by atoms with E-state index >= 15 is 0 Å². The van der Waals surface area contributed by atoms with Crippen molar-refractivity contribution in [2.45, 2.75) is 30.1 Å². The van der Waals surface area contributed by atoms with Gasteiger partial charge in [0.15, 0.2) is 9.84 Å². The van der Waals surface area contributed by atoms with Gasteiger partial charge in [0.1, 0.15) is 10.7 Å². The molecule has 21 heavy (non-hydrogen) atoms. The lowest BCUT2D eigenvalue weighted by atomic mass is 10.1. The maximum atomic E-state index is 13.8. The van der Waals surface area contributed by atoms with E-state index in [1.807, 2.05) is 13.8 Å².